The van der Waals surface area contributed by atoms with Crippen LogP contribution in [0.2, 0.25) is 0 Å². The minimum absolute atomic E-state index is 0.0238. The second-order valence-corrected chi connectivity index (χ2v) is 9.49. The lowest BCUT2D eigenvalue weighted by Gasteiger charge is -2.34. The second kappa shape index (κ2) is 9.57. The first-order valence-electron chi connectivity index (χ1n) is 10.1. The number of hydrogen-bond donors (Lipinski definition) is 1. The van der Waals surface area contributed by atoms with Crippen LogP contribution in [0.3, 0.4) is 0 Å². The summed E-state index contributed by atoms with van der Waals surface area (Å²) in [6.45, 7) is 4.53. The molecule has 0 unspecified atom stereocenters. The van der Waals surface area contributed by atoms with Crippen molar-refractivity contribution in [2.75, 3.05) is 31.5 Å². The van der Waals surface area contributed by atoms with Gasteiger partial charge in [0.1, 0.15) is 5.82 Å². The number of carbonyl (C=O) groups is 2. The van der Waals surface area contributed by atoms with Gasteiger partial charge in [-0.1, -0.05) is 24.3 Å². The first kappa shape index (κ1) is 22.9. The minimum atomic E-state index is -3.63. The molecule has 0 saturated carbocycles. The molecule has 0 aromatic heterocycles. The molecule has 1 fully saturated rings. The van der Waals surface area contributed by atoms with E-state index in [0.29, 0.717) is 5.56 Å². The molecule has 0 bridgehead atoms. The van der Waals surface area contributed by atoms with E-state index >= 15 is 0 Å². The fraction of sp³-hybridized carbons (Fsp3) is 0.364. The summed E-state index contributed by atoms with van der Waals surface area (Å²) in [6.07, 6.45) is -0.0990. The number of benzene rings is 2. The molecule has 1 aliphatic rings. The van der Waals surface area contributed by atoms with Gasteiger partial charge < -0.3 is 10.2 Å². The number of piperazine rings is 1. The second-order valence-electron chi connectivity index (χ2n) is 7.58. The Morgan fingerprint density at radius 2 is 1.68 bits per heavy atom. The molecule has 0 atom stereocenters. The Kier molecular flexibility index (Phi) is 7.07. The molecule has 3 rings (SSSR count). The van der Waals surface area contributed by atoms with Gasteiger partial charge in [0.05, 0.1) is 10.6 Å². The highest BCUT2D eigenvalue weighted by Crippen LogP contribution is 2.22. The average Bonchev–Trinajstić information content (AvgIpc) is 2.75. The fourth-order valence-electron chi connectivity index (χ4n) is 3.46. The van der Waals surface area contributed by atoms with Crippen molar-refractivity contribution in [2.24, 2.45) is 0 Å². The van der Waals surface area contributed by atoms with E-state index in [1.54, 1.807) is 30.0 Å². The van der Waals surface area contributed by atoms with Gasteiger partial charge in [0.15, 0.2) is 0 Å². The van der Waals surface area contributed by atoms with Crippen LogP contribution in [-0.4, -0.2) is 55.6 Å². The Morgan fingerprint density at radius 3 is 2.35 bits per heavy atom. The molecule has 1 N–H and O–H groups in total. The van der Waals surface area contributed by atoms with Gasteiger partial charge in [-0.3, -0.25) is 9.59 Å². The fourth-order valence-corrected chi connectivity index (χ4v) is 5.19. The zero-order chi connectivity index (χ0) is 22.6. The Morgan fingerprint density at radius 1 is 1.00 bits per heavy atom. The molecule has 7 nitrogen and oxygen atoms in total. The van der Waals surface area contributed by atoms with E-state index in [1.807, 2.05) is 13.0 Å². The van der Waals surface area contributed by atoms with Gasteiger partial charge in [-0.15, -0.1) is 0 Å². The Bertz CT molecular complexity index is 1080. The molecule has 0 aliphatic carbocycles. The van der Waals surface area contributed by atoms with Gasteiger partial charge in [0.2, 0.25) is 21.8 Å². The Balaban J connectivity index is 1.52. The van der Waals surface area contributed by atoms with Crippen molar-refractivity contribution in [3.8, 4) is 0 Å². The minimum Gasteiger partial charge on any atom is -0.340 e. The summed E-state index contributed by atoms with van der Waals surface area (Å²) in [5.74, 6) is -1.22. The molecule has 166 valence electrons. The van der Waals surface area contributed by atoms with E-state index in [1.165, 1.54) is 22.5 Å². The quantitative estimate of drug-likeness (QED) is 0.738. The maximum Gasteiger partial charge on any atom is 0.243 e. The van der Waals surface area contributed by atoms with E-state index in [0.717, 1.165) is 5.56 Å². The highest BCUT2D eigenvalue weighted by atomic mass is 32.2. The van der Waals surface area contributed by atoms with Crippen molar-refractivity contribution in [3.63, 3.8) is 0 Å². The molecule has 2 aromatic rings. The molecule has 1 saturated heterocycles. The van der Waals surface area contributed by atoms with Gasteiger partial charge in [-0.05, 0) is 43.2 Å². The maximum absolute atomic E-state index is 13.6. The largest absolute Gasteiger partial charge is 0.340 e. The summed E-state index contributed by atoms with van der Waals surface area (Å²) in [5.41, 5.74) is 1.63. The summed E-state index contributed by atoms with van der Waals surface area (Å²) in [6, 6.07) is 11.1. The molecule has 9 heteroatoms. The van der Waals surface area contributed by atoms with Crippen molar-refractivity contribution in [1.82, 2.24) is 9.21 Å². The molecule has 2 aromatic carbocycles. The Hall–Kier alpha value is -2.78. The number of anilines is 1. The van der Waals surface area contributed by atoms with Crippen LogP contribution in [0.4, 0.5) is 10.1 Å². The number of nitrogens with one attached hydrogen (secondary N) is 1. The van der Waals surface area contributed by atoms with E-state index < -0.39 is 21.7 Å². The molecule has 0 radical (unpaired) electrons. The van der Waals surface area contributed by atoms with Crippen LogP contribution in [0, 0.1) is 19.7 Å². The third-order valence-corrected chi connectivity index (χ3v) is 7.31. The van der Waals surface area contributed by atoms with Gasteiger partial charge in [-0.2, -0.15) is 4.31 Å². The lowest BCUT2D eigenvalue weighted by Crippen LogP contribution is -2.50. The van der Waals surface area contributed by atoms with Gasteiger partial charge >= 0.3 is 0 Å². The number of amides is 2. The summed E-state index contributed by atoms with van der Waals surface area (Å²) >= 11 is 0. The van der Waals surface area contributed by atoms with Crippen LogP contribution in [0.5, 0.6) is 0 Å². The smallest absolute Gasteiger partial charge is 0.243 e. The number of carbonyl (C=O) groups excluding carboxylic acids is 2. The highest BCUT2D eigenvalue weighted by molar-refractivity contribution is 7.89. The SMILES string of the molecule is Cc1ccc(C)c(S(=O)(=O)N2CCN(C(=O)CCC(=O)Nc3ccccc3F)CC2)c1. The summed E-state index contributed by atoms with van der Waals surface area (Å²) in [5, 5.41) is 2.45. The average molecular weight is 448 g/mol. The number of aryl methyl sites for hydroxylation is 2. The van der Waals surface area contributed by atoms with Crippen LogP contribution in [-0.2, 0) is 19.6 Å². The number of rotatable bonds is 6. The van der Waals surface area contributed by atoms with E-state index in [9.17, 15) is 22.4 Å². The third-order valence-electron chi connectivity index (χ3n) is 5.27. The number of nitrogens with zero attached hydrogens (tertiary/aromatic N) is 2. The number of para-hydroxylation sites is 1. The lowest BCUT2D eigenvalue weighted by molar-refractivity contribution is -0.133. The first-order valence-corrected chi connectivity index (χ1v) is 11.5. The van der Waals surface area contributed by atoms with Gasteiger partial charge in [0, 0.05) is 39.0 Å². The molecule has 0 spiro atoms. The highest BCUT2D eigenvalue weighted by Gasteiger charge is 2.31. The number of sulfonamides is 1. The predicted octanol–water partition coefficient (Wildman–Crippen LogP) is 2.69. The molecule has 1 aliphatic heterocycles. The van der Waals surface area contributed by atoms with Crippen LogP contribution >= 0.6 is 0 Å². The third kappa shape index (κ3) is 5.48. The van der Waals surface area contributed by atoms with Crippen LogP contribution in [0.25, 0.3) is 0 Å². The molecule has 31 heavy (non-hydrogen) atoms. The van der Waals surface area contributed by atoms with Crippen molar-refractivity contribution >= 4 is 27.5 Å². The van der Waals surface area contributed by atoms with Crippen LogP contribution in [0.1, 0.15) is 24.0 Å². The van der Waals surface area contributed by atoms with Crippen LogP contribution < -0.4 is 5.32 Å². The lowest BCUT2D eigenvalue weighted by atomic mass is 10.2. The molecular formula is C22H26FN3O4S. The summed E-state index contributed by atoms with van der Waals surface area (Å²) < 4.78 is 41.0. The maximum atomic E-state index is 13.6. The van der Waals surface area contributed by atoms with Gasteiger partial charge in [-0.25, -0.2) is 12.8 Å². The van der Waals surface area contributed by atoms with E-state index in [4.69, 9.17) is 0 Å². The zero-order valence-electron chi connectivity index (χ0n) is 17.6. The normalized spacial score (nSPS) is 15.0. The number of halogens is 1. The van der Waals surface area contributed by atoms with Gasteiger partial charge in [0.25, 0.3) is 0 Å². The molecular weight excluding hydrogens is 421 g/mol. The predicted molar refractivity (Wildman–Crippen MR) is 116 cm³/mol. The van der Waals surface area contributed by atoms with Crippen molar-refractivity contribution in [3.05, 3.63) is 59.4 Å². The van der Waals surface area contributed by atoms with Crippen LogP contribution in [0.15, 0.2) is 47.4 Å². The van der Waals surface area contributed by atoms with Crippen molar-refractivity contribution in [1.29, 1.82) is 0 Å². The zero-order valence-corrected chi connectivity index (χ0v) is 18.4. The molecule has 2 amide bonds. The topological polar surface area (TPSA) is 86.8 Å². The monoisotopic (exact) mass is 447 g/mol. The van der Waals surface area contributed by atoms with Crippen molar-refractivity contribution in [2.45, 2.75) is 31.6 Å². The van der Waals surface area contributed by atoms with Crippen molar-refractivity contribution < 1.29 is 22.4 Å². The Labute approximate surface area is 181 Å². The first-order chi connectivity index (χ1) is 14.7. The van der Waals surface area contributed by atoms with E-state index in [-0.39, 0.29) is 55.5 Å². The summed E-state index contributed by atoms with van der Waals surface area (Å²) in [7, 11) is -3.63. The molecule has 1 heterocycles. The summed E-state index contributed by atoms with van der Waals surface area (Å²) in [4.78, 5) is 26.3. The standard InChI is InChI=1S/C22H26FN3O4S/c1-16-7-8-17(2)20(15-16)31(29,30)26-13-11-25(12-14-26)22(28)10-9-21(27)24-19-6-4-3-5-18(19)23/h3-8,15H,9-14H2,1-2H3,(H,24,27). The van der Waals surface area contributed by atoms with E-state index in [2.05, 4.69) is 5.32 Å². The number of hydrogen-bond acceptors (Lipinski definition) is 4.